The second-order valence-electron chi connectivity index (χ2n) is 6.54. The SMILES string of the molecule is C=CC[C@@]12CCCN1C(=O)CN(C(=O)OC(C)(C)C)C2=O. The maximum atomic E-state index is 12.8. The zero-order valence-electron chi connectivity index (χ0n) is 12.8. The van der Waals surface area contributed by atoms with Gasteiger partial charge in [-0.15, -0.1) is 6.58 Å². The molecule has 2 saturated heterocycles. The molecule has 0 aromatic heterocycles. The van der Waals surface area contributed by atoms with E-state index in [1.807, 2.05) is 0 Å². The lowest BCUT2D eigenvalue weighted by molar-refractivity contribution is -0.160. The van der Waals surface area contributed by atoms with E-state index >= 15 is 0 Å². The molecule has 21 heavy (non-hydrogen) atoms. The van der Waals surface area contributed by atoms with E-state index in [9.17, 15) is 14.4 Å². The predicted octanol–water partition coefficient (Wildman–Crippen LogP) is 1.70. The van der Waals surface area contributed by atoms with Crippen molar-refractivity contribution >= 4 is 17.9 Å². The van der Waals surface area contributed by atoms with Crippen LogP contribution < -0.4 is 0 Å². The minimum atomic E-state index is -0.950. The third-order valence-corrected chi connectivity index (χ3v) is 3.82. The largest absolute Gasteiger partial charge is 0.443 e. The van der Waals surface area contributed by atoms with Crippen molar-refractivity contribution in [3.8, 4) is 0 Å². The summed E-state index contributed by atoms with van der Waals surface area (Å²) in [6.45, 7) is 9.16. The lowest BCUT2D eigenvalue weighted by atomic mass is 9.88. The van der Waals surface area contributed by atoms with Gasteiger partial charge in [0.15, 0.2) is 0 Å². The van der Waals surface area contributed by atoms with Crippen LogP contribution in [0, 0.1) is 0 Å². The highest BCUT2D eigenvalue weighted by Gasteiger charge is 2.56. The van der Waals surface area contributed by atoms with Gasteiger partial charge in [-0.05, 0) is 40.0 Å². The number of amides is 3. The molecule has 0 aliphatic carbocycles. The van der Waals surface area contributed by atoms with Crippen LogP contribution in [0.15, 0.2) is 12.7 Å². The average molecular weight is 294 g/mol. The van der Waals surface area contributed by atoms with Crippen LogP contribution in [0.25, 0.3) is 0 Å². The van der Waals surface area contributed by atoms with E-state index in [-0.39, 0.29) is 18.4 Å². The molecule has 2 aliphatic heterocycles. The van der Waals surface area contributed by atoms with Crippen LogP contribution >= 0.6 is 0 Å². The number of carbonyl (C=O) groups is 3. The highest BCUT2D eigenvalue weighted by molar-refractivity contribution is 6.06. The summed E-state index contributed by atoms with van der Waals surface area (Å²) < 4.78 is 5.24. The van der Waals surface area contributed by atoms with E-state index < -0.39 is 17.2 Å². The zero-order chi connectivity index (χ0) is 15.8. The maximum absolute atomic E-state index is 12.8. The van der Waals surface area contributed by atoms with Crippen molar-refractivity contribution in [3.05, 3.63) is 12.7 Å². The molecule has 3 amide bonds. The Kier molecular flexibility index (Phi) is 3.82. The molecule has 0 aromatic rings. The third-order valence-electron chi connectivity index (χ3n) is 3.82. The second-order valence-corrected chi connectivity index (χ2v) is 6.54. The lowest BCUT2D eigenvalue weighted by Gasteiger charge is -2.44. The van der Waals surface area contributed by atoms with Crippen molar-refractivity contribution in [1.29, 1.82) is 0 Å². The minimum Gasteiger partial charge on any atom is -0.443 e. The fourth-order valence-electron chi connectivity index (χ4n) is 3.01. The van der Waals surface area contributed by atoms with Crippen LogP contribution in [-0.4, -0.2) is 51.9 Å². The molecule has 0 spiro atoms. The predicted molar refractivity (Wildman–Crippen MR) is 76.4 cm³/mol. The summed E-state index contributed by atoms with van der Waals surface area (Å²) >= 11 is 0. The van der Waals surface area contributed by atoms with Crippen LogP contribution in [0.4, 0.5) is 4.79 Å². The van der Waals surface area contributed by atoms with Gasteiger partial charge in [0.05, 0.1) is 0 Å². The van der Waals surface area contributed by atoms with E-state index in [0.29, 0.717) is 19.4 Å². The molecule has 6 nitrogen and oxygen atoms in total. The first-order valence-electron chi connectivity index (χ1n) is 7.17. The highest BCUT2D eigenvalue weighted by atomic mass is 16.6. The third kappa shape index (κ3) is 2.66. The monoisotopic (exact) mass is 294 g/mol. The average Bonchev–Trinajstić information content (AvgIpc) is 2.77. The number of ether oxygens (including phenoxy) is 1. The number of carbonyl (C=O) groups excluding carboxylic acids is 3. The van der Waals surface area contributed by atoms with Gasteiger partial charge in [0.2, 0.25) is 5.91 Å². The topological polar surface area (TPSA) is 66.9 Å². The normalized spacial score (nSPS) is 25.9. The molecule has 0 aromatic carbocycles. The number of nitrogens with zero attached hydrogens (tertiary/aromatic N) is 2. The number of hydrogen-bond acceptors (Lipinski definition) is 4. The summed E-state index contributed by atoms with van der Waals surface area (Å²) in [4.78, 5) is 39.8. The van der Waals surface area contributed by atoms with Gasteiger partial charge in [0.25, 0.3) is 5.91 Å². The first-order valence-corrected chi connectivity index (χ1v) is 7.17. The maximum Gasteiger partial charge on any atom is 0.417 e. The van der Waals surface area contributed by atoms with Crippen molar-refractivity contribution in [1.82, 2.24) is 9.80 Å². The van der Waals surface area contributed by atoms with Crippen molar-refractivity contribution in [3.63, 3.8) is 0 Å². The molecule has 0 saturated carbocycles. The van der Waals surface area contributed by atoms with Gasteiger partial charge in [-0.25, -0.2) is 9.69 Å². The van der Waals surface area contributed by atoms with E-state index in [1.54, 1.807) is 31.7 Å². The number of piperazine rings is 1. The summed E-state index contributed by atoms with van der Waals surface area (Å²) in [5, 5.41) is 0. The molecule has 2 rings (SSSR count). The first-order chi connectivity index (χ1) is 9.71. The Bertz CT molecular complexity index is 494. The molecular weight excluding hydrogens is 272 g/mol. The van der Waals surface area contributed by atoms with Crippen LogP contribution in [0.5, 0.6) is 0 Å². The van der Waals surface area contributed by atoms with Gasteiger partial charge in [0, 0.05) is 6.54 Å². The van der Waals surface area contributed by atoms with E-state index in [0.717, 1.165) is 11.3 Å². The van der Waals surface area contributed by atoms with Crippen LogP contribution in [0.2, 0.25) is 0 Å². The smallest absolute Gasteiger partial charge is 0.417 e. The Balaban J connectivity index is 2.30. The molecule has 116 valence electrons. The molecule has 0 unspecified atom stereocenters. The van der Waals surface area contributed by atoms with Crippen LogP contribution in [0.1, 0.15) is 40.0 Å². The van der Waals surface area contributed by atoms with Crippen molar-refractivity contribution in [2.24, 2.45) is 0 Å². The molecule has 2 fully saturated rings. The van der Waals surface area contributed by atoms with E-state index in [1.165, 1.54) is 0 Å². The Morgan fingerprint density at radius 2 is 2.10 bits per heavy atom. The molecule has 6 heteroatoms. The van der Waals surface area contributed by atoms with E-state index in [4.69, 9.17) is 4.74 Å². The fraction of sp³-hybridized carbons (Fsp3) is 0.667. The summed E-state index contributed by atoms with van der Waals surface area (Å²) in [7, 11) is 0. The minimum absolute atomic E-state index is 0.209. The molecule has 2 aliphatic rings. The van der Waals surface area contributed by atoms with Gasteiger partial charge in [-0.1, -0.05) is 6.08 Å². The van der Waals surface area contributed by atoms with Crippen molar-refractivity contribution < 1.29 is 19.1 Å². The summed E-state index contributed by atoms with van der Waals surface area (Å²) in [6, 6.07) is 0. The van der Waals surface area contributed by atoms with Gasteiger partial charge >= 0.3 is 6.09 Å². The fourth-order valence-corrected chi connectivity index (χ4v) is 3.01. The lowest BCUT2D eigenvalue weighted by Crippen LogP contribution is -2.66. The standard InChI is InChI=1S/C15H22N2O4/c1-5-7-15-8-6-9-17(15)11(18)10-16(12(15)19)13(20)21-14(2,3)4/h5H,1,6-10H2,2-4H3/t15-/m0/s1. The number of hydrogen-bond donors (Lipinski definition) is 0. The van der Waals surface area contributed by atoms with Crippen LogP contribution in [-0.2, 0) is 14.3 Å². The molecule has 0 N–H and O–H groups in total. The van der Waals surface area contributed by atoms with Gasteiger partial charge < -0.3 is 9.64 Å². The van der Waals surface area contributed by atoms with Gasteiger partial charge in [-0.3, -0.25) is 9.59 Å². The summed E-state index contributed by atoms with van der Waals surface area (Å²) in [5.74, 6) is -0.562. The van der Waals surface area contributed by atoms with Crippen molar-refractivity contribution in [2.75, 3.05) is 13.1 Å². The van der Waals surface area contributed by atoms with Gasteiger partial charge in [-0.2, -0.15) is 0 Å². The molecule has 2 heterocycles. The number of imide groups is 1. The second kappa shape index (κ2) is 5.16. The highest BCUT2D eigenvalue weighted by Crippen LogP contribution is 2.38. The Labute approximate surface area is 124 Å². The number of fused-ring (bicyclic) bond motifs is 1. The summed E-state index contributed by atoms with van der Waals surface area (Å²) in [5.41, 5.74) is -1.66. The summed E-state index contributed by atoms with van der Waals surface area (Å²) in [6.07, 6.45) is 2.55. The molecule has 0 radical (unpaired) electrons. The quantitative estimate of drug-likeness (QED) is 0.727. The molecular formula is C15H22N2O4. The first kappa shape index (κ1) is 15.5. The molecule has 1 atom stereocenters. The Hall–Kier alpha value is -1.85. The van der Waals surface area contributed by atoms with Crippen LogP contribution in [0.3, 0.4) is 0 Å². The van der Waals surface area contributed by atoms with E-state index in [2.05, 4.69) is 6.58 Å². The molecule has 0 bridgehead atoms. The number of rotatable bonds is 2. The van der Waals surface area contributed by atoms with Gasteiger partial charge in [0.1, 0.15) is 17.7 Å². The Morgan fingerprint density at radius 3 is 2.67 bits per heavy atom. The van der Waals surface area contributed by atoms with Crippen molar-refractivity contribution in [2.45, 2.75) is 51.2 Å². The Morgan fingerprint density at radius 1 is 1.43 bits per heavy atom. The zero-order valence-corrected chi connectivity index (χ0v) is 12.8.